The van der Waals surface area contributed by atoms with Crippen LogP contribution in [0.2, 0.25) is 0 Å². The van der Waals surface area contributed by atoms with Crippen LogP contribution < -0.4 is 5.32 Å². The average molecular weight is 236 g/mol. The topological polar surface area (TPSA) is 34.1 Å². The molecule has 0 saturated carbocycles. The fourth-order valence-corrected chi connectivity index (χ4v) is 2.33. The molecule has 17 heavy (non-hydrogen) atoms. The van der Waals surface area contributed by atoms with Crippen molar-refractivity contribution in [3.8, 4) is 0 Å². The Kier molecular flexibility index (Phi) is 5.59. The van der Waals surface area contributed by atoms with Gasteiger partial charge in [0, 0.05) is 31.1 Å². The van der Waals surface area contributed by atoms with Gasteiger partial charge in [0.15, 0.2) is 0 Å². The monoisotopic (exact) mass is 236 g/mol. The minimum atomic E-state index is 0.347. The Morgan fingerprint density at radius 3 is 2.65 bits per heavy atom. The summed E-state index contributed by atoms with van der Waals surface area (Å²) >= 11 is 0. The summed E-state index contributed by atoms with van der Waals surface area (Å²) in [4.78, 5) is 4.54. The van der Waals surface area contributed by atoms with E-state index < -0.39 is 0 Å². The lowest BCUT2D eigenvalue weighted by Gasteiger charge is -2.19. The molecule has 0 saturated heterocycles. The van der Waals surface area contributed by atoms with Gasteiger partial charge in [0.2, 0.25) is 0 Å². The van der Waals surface area contributed by atoms with Crippen molar-refractivity contribution in [1.82, 2.24) is 10.3 Å². The van der Waals surface area contributed by atoms with E-state index >= 15 is 0 Å². The molecule has 0 fully saturated rings. The van der Waals surface area contributed by atoms with Gasteiger partial charge in [-0.2, -0.15) is 0 Å². The van der Waals surface area contributed by atoms with E-state index in [2.05, 4.69) is 37.1 Å². The summed E-state index contributed by atoms with van der Waals surface area (Å²) in [5.41, 5.74) is 4.87. The van der Waals surface area contributed by atoms with Gasteiger partial charge in [-0.25, -0.2) is 0 Å². The fourth-order valence-electron chi connectivity index (χ4n) is 2.33. The smallest absolute Gasteiger partial charge is 0.0474 e. The third-order valence-corrected chi connectivity index (χ3v) is 2.99. The molecule has 1 atom stereocenters. The number of ether oxygens (including phenoxy) is 1. The van der Waals surface area contributed by atoms with Gasteiger partial charge in [-0.1, -0.05) is 0 Å². The standard InChI is InChI=1S/C14H24N2O/c1-10-9-11(2)16-13(4)14(10)12(3)15-7-6-8-17-5/h9,12,15H,6-8H2,1-5H3. The van der Waals surface area contributed by atoms with E-state index in [4.69, 9.17) is 4.74 Å². The van der Waals surface area contributed by atoms with Gasteiger partial charge in [-0.05, 0) is 57.9 Å². The first-order chi connectivity index (χ1) is 8.06. The summed E-state index contributed by atoms with van der Waals surface area (Å²) in [6.07, 6.45) is 1.04. The maximum absolute atomic E-state index is 5.04. The second kappa shape index (κ2) is 6.72. The Hall–Kier alpha value is -0.930. The lowest BCUT2D eigenvalue weighted by molar-refractivity contribution is 0.193. The van der Waals surface area contributed by atoms with E-state index in [9.17, 15) is 0 Å². The molecule has 1 unspecified atom stereocenters. The number of pyridine rings is 1. The molecule has 0 spiro atoms. The van der Waals surface area contributed by atoms with Crippen LogP contribution in [0.3, 0.4) is 0 Å². The third kappa shape index (κ3) is 4.10. The van der Waals surface area contributed by atoms with Gasteiger partial charge >= 0.3 is 0 Å². The maximum atomic E-state index is 5.04. The molecule has 1 N–H and O–H groups in total. The van der Waals surface area contributed by atoms with Crippen molar-refractivity contribution < 1.29 is 4.74 Å². The second-order valence-electron chi connectivity index (χ2n) is 4.60. The zero-order valence-corrected chi connectivity index (χ0v) is 11.6. The number of aromatic nitrogens is 1. The van der Waals surface area contributed by atoms with Crippen molar-refractivity contribution in [3.05, 3.63) is 28.6 Å². The van der Waals surface area contributed by atoms with Crippen molar-refractivity contribution in [2.75, 3.05) is 20.3 Å². The van der Waals surface area contributed by atoms with E-state index in [1.807, 2.05) is 6.92 Å². The first kappa shape index (κ1) is 14.1. The molecule has 0 aromatic carbocycles. The molecule has 3 heteroatoms. The van der Waals surface area contributed by atoms with Gasteiger partial charge in [0.25, 0.3) is 0 Å². The maximum Gasteiger partial charge on any atom is 0.0474 e. The molecule has 96 valence electrons. The quantitative estimate of drug-likeness (QED) is 0.771. The Bertz CT molecular complexity index is 340. The summed E-state index contributed by atoms with van der Waals surface area (Å²) in [5, 5.41) is 3.51. The van der Waals surface area contributed by atoms with Crippen molar-refractivity contribution in [3.63, 3.8) is 0 Å². The fraction of sp³-hybridized carbons (Fsp3) is 0.643. The Labute approximate surface area is 105 Å². The highest BCUT2D eigenvalue weighted by Crippen LogP contribution is 2.20. The van der Waals surface area contributed by atoms with Gasteiger partial charge in [-0.15, -0.1) is 0 Å². The van der Waals surface area contributed by atoms with Crippen LogP contribution in [0.5, 0.6) is 0 Å². The molecule has 1 aromatic rings. The number of rotatable bonds is 6. The lowest BCUT2D eigenvalue weighted by Crippen LogP contribution is -2.22. The van der Waals surface area contributed by atoms with E-state index in [-0.39, 0.29) is 0 Å². The van der Waals surface area contributed by atoms with Crippen LogP contribution in [-0.2, 0) is 4.74 Å². The van der Waals surface area contributed by atoms with E-state index in [1.165, 1.54) is 11.1 Å². The molecule has 0 amide bonds. The number of nitrogens with one attached hydrogen (secondary N) is 1. The molecule has 1 rings (SSSR count). The van der Waals surface area contributed by atoms with Crippen LogP contribution in [0.1, 0.15) is 41.9 Å². The highest BCUT2D eigenvalue weighted by Gasteiger charge is 2.12. The van der Waals surface area contributed by atoms with Crippen LogP contribution in [0.15, 0.2) is 6.07 Å². The molecule has 0 aliphatic rings. The first-order valence-corrected chi connectivity index (χ1v) is 6.23. The van der Waals surface area contributed by atoms with Crippen molar-refractivity contribution in [1.29, 1.82) is 0 Å². The summed E-state index contributed by atoms with van der Waals surface area (Å²) < 4.78 is 5.04. The zero-order chi connectivity index (χ0) is 12.8. The molecule has 0 bridgehead atoms. The number of hydrogen-bond donors (Lipinski definition) is 1. The predicted octanol–water partition coefficient (Wildman–Crippen LogP) is 2.69. The van der Waals surface area contributed by atoms with Crippen molar-refractivity contribution in [2.45, 2.75) is 40.2 Å². The molecule has 0 aliphatic heterocycles. The van der Waals surface area contributed by atoms with E-state index in [1.54, 1.807) is 7.11 Å². The summed E-state index contributed by atoms with van der Waals surface area (Å²) in [6.45, 7) is 10.3. The largest absolute Gasteiger partial charge is 0.385 e. The Morgan fingerprint density at radius 2 is 2.06 bits per heavy atom. The normalized spacial score (nSPS) is 12.8. The minimum Gasteiger partial charge on any atom is -0.385 e. The molecule has 0 aliphatic carbocycles. The van der Waals surface area contributed by atoms with Crippen LogP contribution >= 0.6 is 0 Å². The molecule has 1 aromatic heterocycles. The van der Waals surface area contributed by atoms with Gasteiger partial charge < -0.3 is 10.1 Å². The van der Waals surface area contributed by atoms with Crippen molar-refractivity contribution >= 4 is 0 Å². The summed E-state index contributed by atoms with van der Waals surface area (Å²) in [7, 11) is 1.74. The molecular weight excluding hydrogens is 212 g/mol. The summed E-state index contributed by atoms with van der Waals surface area (Å²) in [6, 6.07) is 2.50. The van der Waals surface area contributed by atoms with E-state index in [0.29, 0.717) is 6.04 Å². The lowest BCUT2D eigenvalue weighted by atomic mass is 10.0. The molecule has 3 nitrogen and oxygen atoms in total. The highest BCUT2D eigenvalue weighted by molar-refractivity contribution is 5.33. The second-order valence-corrected chi connectivity index (χ2v) is 4.60. The molecule has 1 heterocycles. The predicted molar refractivity (Wildman–Crippen MR) is 71.4 cm³/mol. The zero-order valence-electron chi connectivity index (χ0n) is 11.6. The SMILES string of the molecule is COCCCNC(C)c1c(C)cc(C)nc1C. The third-order valence-electron chi connectivity index (χ3n) is 2.99. The molecule has 0 radical (unpaired) electrons. The summed E-state index contributed by atoms with van der Waals surface area (Å²) in [5.74, 6) is 0. The van der Waals surface area contributed by atoms with Gasteiger partial charge in [0.1, 0.15) is 0 Å². The first-order valence-electron chi connectivity index (χ1n) is 6.23. The van der Waals surface area contributed by atoms with Gasteiger partial charge in [-0.3, -0.25) is 4.98 Å². The number of nitrogens with zero attached hydrogens (tertiary/aromatic N) is 1. The highest BCUT2D eigenvalue weighted by atomic mass is 16.5. The van der Waals surface area contributed by atoms with Crippen molar-refractivity contribution in [2.24, 2.45) is 0 Å². The minimum absolute atomic E-state index is 0.347. The number of hydrogen-bond acceptors (Lipinski definition) is 3. The van der Waals surface area contributed by atoms with Crippen LogP contribution in [-0.4, -0.2) is 25.2 Å². The Morgan fingerprint density at radius 1 is 1.35 bits per heavy atom. The van der Waals surface area contributed by atoms with Gasteiger partial charge in [0.05, 0.1) is 0 Å². The molecular formula is C14H24N2O. The Balaban J connectivity index is 2.65. The van der Waals surface area contributed by atoms with Crippen LogP contribution in [0.4, 0.5) is 0 Å². The average Bonchev–Trinajstić information content (AvgIpc) is 2.23. The van der Waals surface area contributed by atoms with E-state index in [0.717, 1.165) is 31.0 Å². The number of aryl methyl sites for hydroxylation is 3. The van der Waals surface area contributed by atoms with Crippen LogP contribution in [0, 0.1) is 20.8 Å². The van der Waals surface area contributed by atoms with Crippen LogP contribution in [0.25, 0.3) is 0 Å². The number of methoxy groups -OCH3 is 1.